The molecule has 0 saturated heterocycles. The molecule has 1 heterocycles. The van der Waals surface area contributed by atoms with Crippen LogP contribution in [0, 0.1) is 5.82 Å². The summed E-state index contributed by atoms with van der Waals surface area (Å²) in [7, 11) is 0. The molecule has 114 valence electrons. The quantitative estimate of drug-likeness (QED) is 0.888. The van der Waals surface area contributed by atoms with Crippen molar-refractivity contribution in [2.45, 2.75) is 32.4 Å². The van der Waals surface area contributed by atoms with Crippen molar-refractivity contribution in [1.29, 1.82) is 0 Å². The van der Waals surface area contributed by atoms with Gasteiger partial charge in [0.1, 0.15) is 11.4 Å². The van der Waals surface area contributed by atoms with Crippen LogP contribution in [0.5, 0.6) is 0 Å². The smallest absolute Gasteiger partial charge is 0.258 e. The lowest BCUT2D eigenvalue weighted by Crippen LogP contribution is -2.40. The van der Waals surface area contributed by atoms with Crippen molar-refractivity contribution in [3.8, 4) is 11.5 Å². The first-order chi connectivity index (χ1) is 9.78. The summed E-state index contributed by atoms with van der Waals surface area (Å²) in [6, 6.07) is 4.36. The maximum absolute atomic E-state index is 13.4. The average Bonchev–Trinajstić information content (AvgIpc) is 2.85. The van der Waals surface area contributed by atoms with E-state index in [4.69, 9.17) is 15.0 Å². The largest absolute Gasteiger partial charge is 0.376 e. The van der Waals surface area contributed by atoms with E-state index in [1.54, 1.807) is 13.0 Å². The third-order valence-electron chi connectivity index (χ3n) is 2.76. The molecule has 0 radical (unpaired) electrons. The Balaban J connectivity index is 2.24. The minimum atomic E-state index is -0.878. The molecule has 0 bridgehead atoms. The number of aromatic nitrogens is 2. The van der Waals surface area contributed by atoms with E-state index in [-0.39, 0.29) is 18.6 Å². The number of halogens is 2. The molecule has 7 heteroatoms. The van der Waals surface area contributed by atoms with E-state index in [0.29, 0.717) is 15.9 Å². The van der Waals surface area contributed by atoms with E-state index in [9.17, 15) is 4.39 Å². The van der Waals surface area contributed by atoms with Gasteiger partial charge in [0, 0.05) is 10.0 Å². The third kappa shape index (κ3) is 4.09. The highest BCUT2D eigenvalue weighted by atomic mass is 79.9. The standard InChI is InChI=1S/C14H17BrFN3O2/c1-8(2)20-7-14(3,17)13-18-12(21-19-13)9-4-10(15)6-11(16)5-9/h4-6,8H,7,17H2,1-3H3. The number of nitrogens with zero attached hydrogens (tertiary/aromatic N) is 2. The fourth-order valence-electron chi connectivity index (χ4n) is 1.65. The summed E-state index contributed by atoms with van der Waals surface area (Å²) >= 11 is 3.22. The predicted octanol–water partition coefficient (Wildman–Crippen LogP) is 3.24. The van der Waals surface area contributed by atoms with E-state index in [2.05, 4.69) is 26.1 Å². The van der Waals surface area contributed by atoms with Crippen molar-refractivity contribution < 1.29 is 13.7 Å². The van der Waals surface area contributed by atoms with Crippen LogP contribution in [0.15, 0.2) is 27.2 Å². The number of ether oxygens (including phenoxy) is 1. The van der Waals surface area contributed by atoms with Crippen LogP contribution in [-0.2, 0) is 10.3 Å². The van der Waals surface area contributed by atoms with Crippen molar-refractivity contribution in [3.63, 3.8) is 0 Å². The molecule has 0 fully saturated rings. The first-order valence-corrected chi connectivity index (χ1v) is 7.28. The minimum Gasteiger partial charge on any atom is -0.376 e. The molecule has 1 unspecified atom stereocenters. The summed E-state index contributed by atoms with van der Waals surface area (Å²) in [5.74, 6) is 0.141. The molecule has 1 aromatic heterocycles. The molecule has 1 atom stereocenters. The summed E-state index contributed by atoms with van der Waals surface area (Å²) in [4.78, 5) is 4.24. The molecular weight excluding hydrogens is 341 g/mol. The maximum atomic E-state index is 13.4. The molecule has 0 spiro atoms. The zero-order valence-electron chi connectivity index (χ0n) is 12.1. The first-order valence-electron chi connectivity index (χ1n) is 6.49. The normalized spacial score (nSPS) is 14.4. The second kappa shape index (κ2) is 6.21. The molecule has 1 aromatic carbocycles. The van der Waals surface area contributed by atoms with Crippen molar-refractivity contribution in [2.24, 2.45) is 5.73 Å². The summed E-state index contributed by atoms with van der Waals surface area (Å²) in [5, 5.41) is 3.87. The van der Waals surface area contributed by atoms with Gasteiger partial charge < -0.3 is 15.0 Å². The molecular formula is C14H17BrFN3O2. The molecule has 0 aliphatic carbocycles. The van der Waals surface area contributed by atoms with Gasteiger partial charge in [-0.1, -0.05) is 21.1 Å². The Kier molecular flexibility index (Phi) is 4.75. The lowest BCUT2D eigenvalue weighted by Gasteiger charge is -2.21. The number of hydrogen-bond acceptors (Lipinski definition) is 5. The molecule has 0 aliphatic rings. The Labute approximate surface area is 130 Å². The molecule has 0 amide bonds. The van der Waals surface area contributed by atoms with Gasteiger partial charge >= 0.3 is 0 Å². The van der Waals surface area contributed by atoms with Crippen LogP contribution < -0.4 is 5.73 Å². The second-order valence-electron chi connectivity index (χ2n) is 5.36. The monoisotopic (exact) mass is 357 g/mol. The van der Waals surface area contributed by atoms with Gasteiger partial charge in [0.25, 0.3) is 5.89 Å². The Hall–Kier alpha value is -1.31. The van der Waals surface area contributed by atoms with Crippen LogP contribution in [0.4, 0.5) is 4.39 Å². The highest BCUT2D eigenvalue weighted by molar-refractivity contribution is 9.10. The zero-order chi connectivity index (χ0) is 15.6. The molecule has 2 rings (SSSR count). The van der Waals surface area contributed by atoms with Gasteiger partial charge in [0.05, 0.1) is 12.7 Å². The van der Waals surface area contributed by atoms with Crippen molar-refractivity contribution in [1.82, 2.24) is 10.1 Å². The molecule has 2 aromatic rings. The maximum Gasteiger partial charge on any atom is 0.258 e. The van der Waals surface area contributed by atoms with Gasteiger partial charge in [-0.15, -0.1) is 0 Å². The van der Waals surface area contributed by atoms with Crippen molar-refractivity contribution in [3.05, 3.63) is 34.3 Å². The van der Waals surface area contributed by atoms with Gasteiger partial charge in [0.2, 0.25) is 0 Å². The summed E-state index contributed by atoms with van der Waals surface area (Å²) in [5.41, 5.74) is 5.75. The lowest BCUT2D eigenvalue weighted by molar-refractivity contribution is 0.0410. The van der Waals surface area contributed by atoms with Gasteiger partial charge in [-0.05, 0) is 39.0 Å². The Morgan fingerprint density at radius 2 is 2.14 bits per heavy atom. The number of benzene rings is 1. The highest BCUT2D eigenvalue weighted by Gasteiger charge is 2.28. The van der Waals surface area contributed by atoms with Gasteiger partial charge in [-0.2, -0.15) is 4.98 Å². The van der Waals surface area contributed by atoms with Gasteiger partial charge in [-0.3, -0.25) is 0 Å². The molecule has 21 heavy (non-hydrogen) atoms. The SMILES string of the molecule is CC(C)OCC(C)(N)c1noc(-c2cc(F)cc(Br)c2)n1. The highest BCUT2D eigenvalue weighted by Crippen LogP contribution is 2.25. The summed E-state index contributed by atoms with van der Waals surface area (Å²) < 4.78 is 24.7. The van der Waals surface area contributed by atoms with Gasteiger partial charge in [-0.25, -0.2) is 4.39 Å². The summed E-state index contributed by atoms with van der Waals surface area (Å²) in [6.45, 7) is 5.85. The first kappa shape index (κ1) is 16.1. The van der Waals surface area contributed by atoms with Crippen molar-refractivity contribution in [2.75, 3.05) is 6.61 Å². The number of nitrogens with two attached hydrogens (primary N) is 1. The third-order valence-corrected chi connectivity index (χ3v) is 3.22. The molecule has 5 nitrogen and oxygen atoms in total. The van der Waals surface area contributed by atoms with Crippen molar-refractivity contribution >= 4 is 15.9 Å². The topological polar surface area (TPSA) is 74.2 Å². The minimum absolute atomic E-state index is 0.0541. The van der Waals surface area contributed by atoms with E-state index in [1.165, 1.54) is 12.1 Å². The predicted molar refractivity (Wildman–Crippen MR) is 80.0 cm³/mol. The van der Waals surface area contributed by atoms with Crippen LogP contribution in [0.3, 0.4) is 0 Å². The van der Waals surface area contributed by atoms with E-state index >= 15 is 0 Å². The number of hydrogen-bond donors (Lipinski definition) is 1. The van der Waals surface area contributed by atoms with E-state index < -0.39 is 11.4 Å². The molecule has 2 N–H and O–H groups in total. The fraction of sp³-hybridized carbons (Fsp3) is 0.429. The Bertz CT molecular complexity index is 608. The summed E-state index contributed by atoms with van der Waals surface area (Å²) in [6.07, 6.45) is 0.0541. The van der Waals surface area contributed by atoms with Crippen LogP contribution in [0.25, 0.3) is 11.5 Å². The van der Waals surface area contributed by atoms with Crippen LogP contribution in [0.2, 0.25) is 0 Å². The average molecular weight is 358 g/mol. The van der Waals surface area contributed by atoms with Crippen LogP contribution in [-0.4, -0.2) is 22.9 Å². The van der Waals surface area contributed by atoms with Crippen LogP contribution >= 0.6 is 15.9 Å². The molecule has 0 saturated carbocycles. The second-order valence-corrected chi connectivity index (χ2v) is 6.27. The van der Waals surface area contributed by atoms with Crippen LogP contribution in [0.1, 0.15) is 26.6 Å². The fourth-order valence-corrected chi connectivity index (χ4v) is 2.12. The Morgan fingerprint density at radius 3 is 2.76 bits per heavy atom. The van der Waals surface area contributed by atoms with Gasteiger partial charge in [0.15, 0.2) is 5.82 Å². The molecule has 0 aliphatic heterocycles. The van der Waals surface area contributed by atoms with E-state index in [1.807, 2.05) is 13.8 Å². The Morgan fingerprint density at radius 1 is 1.43 bits per heavy atom. The zero-order valence-corrected chi connectivity index (χ0v) is 13.6. The van der Waals surface area contributed by atoms with E-state index in [0.717, 1.165) is 0 Å². The lowest BCUT2D eigenvalue weighted by atomic mass is 10.1. The number of rotatable bonds is 5.